The van der Waals surface area contributed by atoms with Crippen molar-refractivity contribution in [3.05, 3.63) is 129 Å². The average Bonchev–Trinajstić information content (AvgIpc) is 3.17. The maximum absolute atomic E-state index is 2.51. The Morgan fingerprint density at radius 1 is 0.500 bits per heavy atom. The van der Waals surface area contributed by atoms with Gasteiger partial charge in [-0.3, -0.25) is 0 Å². The number of fused-ring (bicyclic) bond motifs is 1. The Labute approximate surface area is 206 Å². The lowest BCUT2D eigenvalue weighted by molar-refractivity contribution is 0.309. The highest BCUT2D eigenvalue weighted by atomic mass is 14.5. The first-order valence-electron chi connectivity index (χ1n) is 12.9. The van der Waals surface area contributed by atoms with Crippen LogP contribution in [0.15, 0.2) is 78.9 Å². The first kappa shape index (κ1) is 22.9. The number of allylic oxidation sites excluding steroid dienone is 4. The van der Waals surface area contributed by atoms with E-state index in [0.717, 1.165) is 0 Å². The zero-order valence-electron chi connectivity index (χ0n) is 21.7. The zero-order valence-corrected chi connectivity index (χ0v) is 21.7. The fraction of sp³-hybridized carbons (Fsp3) is 0.353. The van der Waals surface area contributed by atoms with Crippen LogP contribution in [0.4, 0.5) is 0 Å². The standard InChI is InChI=1S/C34H38/c1-22-13-23(2)17-29(16-22)34(30-18-24(3)14-25(4)19-30,31-20-26(5)15-27(6)21-31)33-12-11-28-9-7-8-10-32(28)33/h7-10,13-21,28,32-33H,11-12H2,1-6H3. The second kappa shape index (κ2) is 8.73. The number of benzene rings is 3. The molecule has 0 heteroatoms. The van der Waals surface area contributed by atoms with Gasteiger partial charge in [0.25, 0.3) is 0 Å². The van der Waals surface area contributed by atoms with E-state index in [1.807, 2.05) is 0 Å². The molecule has 34 heavy (non-hydrogen) atoms. The van der Waals surface area contributed by atoms with Crippen molar-refractivity contribution < 1.29 is 0 Å². The van der Waals surface area contributed by atoms with E-state index in [0.29, 0.717) is 17.8 Å². The van der Waals surface area contributed by atoms with Gasteiger partial charge in [-0.25, -0.2) is 0 Å². The van der Waals surface area contributed by atoms with E-state index in [4.69, 9.17) is 0 Å². The van der Waals surface area contributed by atoms with Crippen LogP contribution < -0.4 is 0 Å². The van der Waals surface area contributed by atoms with E-state index in [1.165, 1.54) is 62.9 Å². The molecule has 0 heterocycles. The molecule has 3 aromatic carbocycles. The molecule has 0 N–H and O–H groups in total. The summed E-state index contributed by atoms with van der Waals surface area (Å²) >= 11 is 0. The summed E-state index contributed by atoms with van der Waals surface area (Å²) in [7, 11) is 0. The van der Waals surface area contributed by atoms with Gasteiger partial charge >= 0.3 is 0 Å². The van der Waals surface area contributed by atoms with Gasteiger partial charge in [-0.1, -0.05) is 112 Å². The quantitative estimate of drug-likeness (QED) is 0.352. The monoisotopic (exact) mass is 446 g/mol. The second-order valence-corrected chi connectivity index (χ2v) is 11.1. The Balaban J connectivity index is 1.92. The summed E-state index contributed by atoms with van der Waals surface area (Å²) in [5.41, 5.74) is 12.3. The molecular weight excluding hydrogens is 408 g/mol. The summed E-state index contributed by atoms with van der Waals surface area (Å²) in [5, 5.41) is 0. The molecule has 0 nitrogen and oxygen atoms in total. The Bertz CT molecular complexity index is 1100. The Hall–Kier alpha value is -2.86. The fourth-order valence-corrected chi connectivity index (χ4v) is 7.21. The van der Waals surface area contributed by atoms with Gasteiger partial charge in [0.2, 0.25) is 0 Å². The van der Waals surface area contributed by atoms with Crippen LogP contribution in [-0.2, 0) is 5.41 Å². The van der Waals surface area contributed by atoms with Crippen LogP contribution in [0.25, 0.3) is 0 Å². The Morgan fingerprint density at radius 2 is 0.882 bits per heavy atom. The summed E-state index contributed by atoms with van der Waals surface area (Å²) in [6.45, 7) is 13.5. The highest BCUT2D eigenvalue weighted by Gasteiger charge is 2.51. The van der Waals surface area contributed by atoms with E-state index < -0.39 is 0 Å². The van der Waals surface area contributed by atoms with Crippen molar-refractivity contribution >= 4 is 0 Å². The van der Waals surface area contributed by atoms with Crippen molar-refractivity contribution in [1.82, 2.24) is 0 Å². The molecule has 2 aliphatic rings. The number of hydrogen-bond donors (Lipinski definition) is 0. The minimum Gasteiger partial charge on any atom is -0.0808 e. The number of hydrogen-bond acceptors (Lipinski definition) is 0. The van der Waals surface area contributed by atoms with Gasteiger partial charge in [-0.15, -0.1) is 0 Å². The van der Waals surface area contributed by atoms with Crippen molar-refractivity contribution in [2.45, 2.75) is 59.8 Å². The van der Waals surface area contributed by atoms with E-state index in [1.54, 1.807) is 0 Å². The van der Waals surface area contributed by atoms with Gasteiger partial charge in [0.1, 0.15) is 0 Å². The third kappa shape index (κ3) is 3.88. The highest BCUT2D eigenvalue weighted by Crippen LogP contribution is 2.56. The lowest BCUT2D eigenvalue weighted by Gasteiger charge is -2.45. The largest absolute Gasteiger partial charge is 0.0808 e. The van der Waals surface area contributed by atoms with Crippen molar-refractivity contribution in [2.75, 3.05) is 0 Å². The number of aryl methyl sites for hydroxylation is 6. The van der Waals surface area contributed by atoms with Crippen molar-refractivity contribution in [1.29, 1.82) is 0 Å². The fourth-order valence-electron chi connectivity index (χ4n) is 7.21. The van der Waals surface area contributed by atoms with Gasteiger partial charge in [0.05, 0.1) is 0 Å². The van der Waals surface area contributed by atoms with Crippen LogP contribution in [0.1, 0.15) is 62.9 Å². The second-order valence-electron chi connectivity index (χ2n) is 11.1. The van der Waals surface area contributed by atoms with Crippen LogP contribution in [-0.4, -0.2) is 0 Å². The molecule has 0 aliphatic heterocycles. The summed E-state index contributed by atoms with van der Waals surface area (Å²) in [4.78, 5) is 0. The van der Waals surface area contributed by atoms with Crippen molar-refractivity contribution in [2.24, 2.45) is 17.8 Å². The molecule has 0 aromatic heterocycles. The first-order valence-corrected chi connectivity index (χ1v) is 12.9. The van der Waals surface area contributed by atoms with Crippen LogP contribution >= 0.6 is 0 Å². The van der Waals surface area contributed by atoms with Crippen LogP contribution in [0.5, 0.6) is 0 Å². The topological polar surface area (TPSA) is 0 Å². The lowest BCUT2D eigenvalue weighted by atomic mass is 9.57. The SMILES string of the molecule is Cc1cc(C)cc(C(c2cc(C)cc(C)c2)(c2cc(C)cc(C)c2)C2CCC3C=CC=CC32)c1. The van der Waals surface area contributed by atoms with Gasteiger partial charge in [-0.05, 0) is 88.8 Å². The maximum Gasteiger partial charge on any atom is 0.0485 e. The molecule has 174 valence electrons. The molecule has 3 aromatic rings. The average molecular weight is 447 g/mol. The van der Waals surface area contributed by atoms with Gasteiger partial charge in [-0.2, -0.15) is 0 Å². The van der Waals surface area contributed by atoms with E-state index in [-0.39, 0.29) is 5.41 Å². The van der Waals surface area contributed by atoms with Gasteiger partial charge < -0.3 is 0 Å². The Kier molecular flexibility index (Phi) is 5.88. The number of rotatable bonds is 4. The van der Waals surface area contributed by atoms with Crippen LogP contribution in [0.3, 0.4) is 0 Å². The molecule has 0 saturated heterocycles. The predicted octanol–water partition coefficient (Wildman–Crippen LogP) is 8.64. The summed E-state index contributed by atoms with van der Waals surface area (Å²) in [6, 6.07) is 21.8. The van der Waals surface area contributed by atoms with Crippen LogP contribution in [0, 0.1) is 59.3 Å². The molecule has 0 radical (unpaired) electrons. The molecule has 0 amide bonds. The van der Waals surface area contributed by atoms with Gasteiger partial charge in [0.15, 0.2) is 0 Å². The normalized spacial score (nSPS) is 21.6. The molecule has 3 atom stereocenters. The first-order chi connectivity index (χ1) is 16.3. The molecule has 0 spiro atoms. The summed E-state index contributed by atoms with van der Waals surface area (Å²) < 4.78 is 0. The molecule has 1 saturated carbocycles. The summed E-state index contributed by atoms with van der Waals surface area (Å²) in [5.74, 6) is 1.69. The van der Waals surface area contributed by atoms with Crippen molar-refractivity contribution in [3.8, 4) is 0 Å². The predicted molar refractivity (Wildman–Crippen MR) is 146 cm³/mol. The van der Waals surface area contributed by atoms with E-state index in [9.17, 15) is 0 Å². The Morgan fingerprint density at radius 3 is 1.29 bits per heavy atom. The molecule has 3 unspecified atom stereocenters. The minimum atomic E-state index is -0.195. The lowest BCUT2D eigenvalue weighted by Crippen LogP contribution is -2.41. The molecule has 0 bridgehead atoms. The molecule has 1 fully saturated rings. The third-order valence-electron chi connectivity index (χ3n) is 8.16. The van der Waals surface area contributed by atoms with Gasteiger partial charge in [0, 0.05) is 5.41 Å². The zero-order chi connectivity index (χ0) is 24.0. The highest BCUT2D eigenvalue weighted by molar-refractivity contribution is 5.56. The van der Waals surface area contributed by atoms with Crippen LogP contribution in [0.2, 0.25) is 0 Å². The maximum atomic E-state index is 2.51. The van der Waals surface area contributed by atoms with Crippen molar-refractivity contribution in [3.63, 3.8) is 0 Å². The third-order valence-corrected chi connectivity index (χ3v) is 8.16. The molecule has 2 aliphatic carbocycles. The molecule has 5 rings (SSSR count). The van der Waals surface area contributed by atoms with E-state index in [2.05, 4.69) is 120 Å². The summed E-state index contributed by atoms with van der Waals surface area (Å²) in [6.07, 6.45) is 12.0. The smallest absolute Gasteiger partial charge is 0.0485 e. The molecular formula is C34H38. The van der Waals surface area contributed by atoms with E-state index >= 15 is 0 Å². The minimum absolute atomic E-state index is 0.195.